The van der Waals surface area contributed by atoms with Gasteiger partial charge in [0, 0.05) is 26.1 Å². The minimum absolute atomic E-state index is 0. The highest BCUT2D eigenvalue weighted by molar-refractivity contribution is 5.85. The van der Waals surface area contributed by atoms with Crippen molar-refractivity contribution in [3.05, 3.63) is 0 Å². The first kappa shape index (κ1) is 23.0. The quantitative estimate of drug-likeness (QED) is 0.777. The average molecular weight is 394 g/mol. The second kappa shape index (κ2) is 11.0. The van der Waals surface area contributed by atoms with E-state index in [9.17, 15) is 4.79 Å². The zero-order valence-electron chi connectivity index (χ0n) is 15.6. The standard InChI is InChI=1S/C19H35N3O.2ClH/c20-16-19(8-2-1-3-9-19)14-18(23)22-12-6-17(7-13-22)15-21-10-4-5-11-21;;/h17H,1-16,20H2;2*1H. The Balaban J connectivity index is 0.00000156. The fraction of sp³-hybridized carbons (Fsp3) is 0.947. The van der Waals surface area contributed by atoms with Crippen molar-refractivity contribution in [2.24, 2.45) is 17.1 Å². The van der Waals surface area contributed by atoms with Crippen LogP contribution in [0.3, 0.4) is 0 Å². The van der Waals surface area contributed by atoms with Gasteiger partial charge in [0.25, 0.3) is 0 Å². The molecule has 0 aromatic rings. The van der Waals surface area contributed by atoms with Crippen LogP contribution in [0.4, 0.5) is 0 Å². The van der Waals surface area contributed by atoms with Gasteiger partial charge in [0.2, 0.25) is 5.91 Å². The number of carbonyl (C=O) groups excluding carboxylic acids is 1. The van der Waals surface area contributed by atoms with E-state index in [0.717, 1.165) is 31.8 Å². The average Bonchev–Trinajstić information content (AvgIpc) is 3.09. The van der Waals surface area contributed by atoms with Crippen LogP contribution in [0, 0.1) is 11.3 Å². The van der Waals surface area contributed by atoms with Crippen LogP contribution in [0.15, 0.2) is 0 Å². The summed E-state index contributed by atoms with van der Waals surface area (Å²) in [5, 5.41) is 0. The molecule has 1 amide bonds. The van der Waals surface area contributed by atoms with Crippen molar-refractivity contribution in [3.8, 4) is 0 Å². The Morgan fingerprint density at radius 2 is 1.52 bits per heavy atom. The van der Waals surface area contributed by atoms with Crippen molar-refractivity contribution in [1.82, 2.24) is 9.80 Å². The van der Waals surface area contributed by atoms with Crippen molar-refractivity contribution in [1.29, 1.82) is 0 Å². The molecular weight excluding hydrogens is 357 g/mol. The molecule has 0 radical (unpaired) electrons. The molecule has 3 fully saturated rings. The van der Waals surface area contributed by atoms with E-state index in [4.69, 9.17) is 5.73 Å². The van der Waals surface area contributed by atoms with Gasteiger partial charge in [-0.25, -0.2) is 0 Å². The van der Waals surface area contributed by atoms with Gasteiger partial charge in [-0.3, -0.25) is 4.79 Å². The molecule has 3 rings (SSSR count). The Morgan fingerprint density at radius 1 is 0.920 bits per heavy atom. The van der Waals surface area contributed by atoms with Gasteiger partial charge in [-0.1, -0.05) is 19.3 Å². The van der Waals surface area contributed by atoms with Crippen LogP contribution in [-0.4, -0.2) is 55.0 Å². The van der Waals surface area contributed by atoms with Crippen LogP contribution < -0.4 is 5.73 Å². The number of amides is 1. The van der Waals surface area contributed by atoms with Crippen molar-refractivity contribution in [3.63, 3.8) is 0 Å². The normalized spacial score (nSPS) is 24.4. The predicted molar refractivity (Wildman–Crippen MR) is 109 cm³/mol. The molecule has 2 N–H and O–H groups in total. The molecule has 0 spiro atoms. The van der Waals surface area contributed by atoms with E-state index in [1.54, 1.807) is 0 Å². The molecule has 25 heavy (non-hydrogen) atoms. The van der Waals surface area contributed by atoms with Gasteiger partial charge < -0.3 is 15.5 Å². The molecule has 0 bridgehead atoms. The van der Waals surface area contributed by atoms with Gasteiger partial charge in [-0.2, -0.15) is 0 Å². The summed E-state index contributed by atoms with van der Waals surface area (Å²) in [6, 6.07) is 0. The van der Waals surface area contributed by atoms with E-state index >= 15 is 0 Å². The van der Waals surface area contributed by atoms with Crippen LogP contribution in [0.25, 0.3) is 0 Å². The summed E-state index contributed by atoms with van der Waals surface area (Å²) in [5.74, 6) is 1.17. The molecule has 1 aliphatic carbocycles. The number of hydrogen-bond acceptors (Lipinski definition) is 3. The molecule has 2 heterocycles. The van der Waals surface area contributed by atoms with Gasteiger partial charge >= 0.3 is 0 Å². The summed E-state index contributed by atoms with van der Waals surface area (Å²) < 4.78 is 0. The molecule has 0 aromatic carbocycles. The van der Waals surface area contributed by atoms with Crippen molar-refractivity contribution in [2.45, 2.75) is 64.2 Å². The first-order valence-electron chi connectivity index (χ1n) is 9.91. The molecule has 6 heteroatoms. The number of carbonyl (C=O) groups is 1. The maximum absolute atomic E-state index is 12.7. The second-order valence-electron chi connectivity index (χ2n) is 8.27. The molecule has 0 unspecified atom stereocenters. The summed E-state index contributed by atoms with van der Waals surface area (Å²) >= 11 is 0. The molecule has 148 valence electrons. The lowest BCUT2D eigenvalue weighted by Gasteiger charge is -2.39. The smallest absolute Gasteiger partial charge is 0.223 e. The lowest BCUT2D eigenvalue weighted by Crippen LogP contribution is -2.44. The Kier molecular flexibility index (Phi) is 10.1. The number of nitrogens with two attached hydrogens (primary N) is 1. The molecular formula is C19H37Cl2N3O. The number of hydrogen-bond donors (Lipinski definition) is 1. The van der Waals surface area contributed by atoms with Crippen LogP contribution in [0.2, 0.25) is 0 Å². The van der Waals surface area contributed by atoms with Crippen LogP contribution in [0.5, 0.6) is 0 Å². The highest BCUT2D eigenvalue weighted by atomic mass is 35.5. The lowest BCUT2D eigenvalue weighted by molar-refractivity contribution is -0.135. The van der Waals surface area contributed by atoms with E-state index in [1.165, 1.54) is 64.6 Å². The monoisotopic (exact) mass is 393 g/mol. The minimum atomic E-state index is 0. The third-order valence-corrected chi connectivity index (χ3v) is 6.56. The van der Waals surface area contributed by atoms with E-state index in [0.29, 0.717) is 18.9 Å². The highest BCUT2D eigenvalue weighted by Crippen LogP contribution is 2.39. The Morgan fingerprint density at radius 3 is 2.08 bits per heavy atom. The topological polar surface area (TPSA) is 49.6 Å². The van der Waals surface area contributed by atoms with Crippen molar-refractivity contribution >= 4 is 30.7 Å². The zero-order valence-corrected chi connectivity index (χ0v) is 17.2. The first-order chi connectivity index (χ1) is 11.2. The molecule has 4 nitrogen and oxygen atoms in total. The van der Waals surface area contributed by atoms with Gasteiger partial charge in [0.1, 0.15) is 0 Å². The number of likely N-dealkylation sites (tertiary alicyclic amines) is 2. The van der Waals surface area contributed by atoms with Gasteiger partial charge in [0.05, 0.1) is 0 Å². The Bertz CT molecular complexity index is 388. The molecule has 0 atom stereocenters. The first-order valence-corrected chi connectivity index (χ1v) is 9.91. The molecule has 2 saturated heterocycles. The van der Waals surface area contributed by atoms with Crippen molar-refractivity contribution < 1.29 is 4.79 Å². The molecule has 3 aliphatic rings. The molecule has 1 saturated carbocycles. The summed E-state index contributed by atoms with van der Waals surface area (Å²) in [5.41, 5.74) is 6.17. The predicted octanol–water partition coefficient (Wildman–Crippen LogP) is 3.46. The Labute approximate surface area is 166 Å². The van der Waals surface area contributed by atoms with E-state index in [1.807, 2.05) is 0 Å². The number of rotatable bonds is 5. The Hall–Kier alpha value is -0.0300. The van der Waals surface area contributed by atoms with Gasteiger partial charge in [0.15, 0.2) is 0 Å². The number of halogens is 2. The van der Waals surface area contributed by atoms with Crippen LogP contribution in [0.1, 0.15) is 64.2 Å². The van der Waals surface area contributed by atoms with Gasteiger partial charge in [-0.15, -0.1) is 24.8 Å². The maximum atomic E-state index is 12.7. The SMILES string of the molecule is Cl.Cl.NCC1(CC(=O)N2CCC(CN3CCCC3)CC2)CCCCC1. The third kappa shape index (κ3) is 6.27. The summed E-state index contributed by atoms with van der Waals surface area (Å²) in [6.45, 7) is 6.46. The second-order valence-corrected chi connectivity index (χ2v) is 8.27. The van der Waals surface area contributed by atoms with Crippen molar-refractivity contribution in [2.75, 3.05) is 39.3 Å². The van der Waals surface area contributed by atoms with Crippen LogP contribution in [-0.2, 0) is 4.79 Å². The minimum Gasteiger partial charge on any atom is -0.343 e. The fourth-order valence-corrected chi connectivity index (χ4v) is 4.88. The summed E-state index contributed by atoms with van der Waals surface area (Å²) in [7, 11) is 0. The largest absolute Gasteiger partial charge is 0.343 e. The van der Waals surface area contributed by atoms with E-state index < -0.39 is 0 Å². The summed E-state index contributed by atoms with van der Waals surface area (Å²) in [4.78, 5) is 17.5. The molecule has 0 aromatic heterocycles. The van der Waals surface area contributed by atoms with Crippen LogP contribution >= 0.6 is 24.8 Å². The zero-order chi connectivity index (χ0) is 16.1. The van der Waals surface area contributed by atoms with E-state index in [2.05, 4.69) is 9.80 Å². The van der Waals surface area contributed by atoms with E-state index in [-0.39, 0.29) is 30.2 Å². The number of nitrogens with zero attached hydrogens (tertiary/aromatic N) is 2. The fourth-order valence-electron chi connectivity index (χ4n) is 4.88. The molecule has 2 aliphatic heterocycles. The highest BCUT2D eigenvalue weighted by Gasteiger charge is 2.35. The summed E-state index contributed by atoms with van der Waals surface area (Å²) in [6.07, 6.45) is 12.0. The van der Waals surface area contributed by atoms with Gasteiger partial charge in [-0.05, 0) is 69.5 Å². The maximum Gasteiger partial charge on any atom is 0.223 e. The number of piperidine rings is 1. The third-order valence-electron chi connectivity index (χ3n) is 6.56. The lowest BCUT2D eigenvalue weighted by atomic mass is 9.71.